The first-order valence-electron chi connectivity index (χ1n) is 5.85. The molecule has 1 aromatic carbocycles. The third-order valence-electron chi connectivity index (χ3n) is 3.10. The van der Waals surface area contributed by atoms with Crippen molar-refractivity contribution in [3.63, 3.8) is 0 Å². The van der Waals surface area contributed by atoms with Gasteiger partial charge in [-0.2, -0.15) is 0 Å². The maximum Gasteiger partial charge on any atom is 0.210 e. The van der Waals surface area contributed by atoms with E-state index in [0.29, 0.717) is 16.7 Å². The fraction of sp³-hybridized carbons (Fsp3) is 0.143. The van der Waals surface area contributed by atoms with E-state index in [1.165, 1.54) is 0 Å². The summed E-state index contributed by atoms with van der Waals surface area (Å²) in [5.74, 6) is 0.713. The van der Waals surface area contributed by atoms with E-state index in [1.54, 1.807) is 6.07 Å². The standard InChI is InChI=1S/C14H12ClN3O/c1-17(2)14-16-11(8-19)13-7-10(15)9-5-3-4-6-12(9)18(13)14/h3-8H,1-2H3. The maximum absolute atomic E-state index is 11.2. The Bertz CT molecular complexity index is 792. The smallest absolute Gasteiger partial charge is 0.210 e. The lowest BCUT2D eigenvalue weighted by molar-refractivity contribution is 0.112. The number of aromatic nitrogens is 2. The highest BCUT2D eigenvalue weighted by atomic mass is 35.5. The minimum Gasteiger partial charge on any atom is -0.348 e. The number of hydrogen-bond acceptors (Lipinski definition) is 3. The molecule has 0 radical (unpaired) electrons. The number of anilines is 1. The number of fused-ring (bicyclic) bond motifs is 3. The predicted octanol–water partition coefficient (Wildman–Crippen LogP) is 3.02. The highest BCUT2D eigenvalue weighted by Gasteiger charge is 2.16. The Morgan fingerprint density at radius 1 is 1.26 bits per heavy atom. The summed E-state index contributed by atoms with van der Waals surface area (Å²) in [4.78, 5) is 17.4. The van der Waals surface area contributed by atoms with Crippen molar-refractivity contribution >= 4 is 40.3 Å². The third-order valence-corrected chi connectivity index (χ3v) is 3.41. The zero-order valence-electron chi connectivity index (χ0n) is 10.6. The van der Waals surface area contributed by atoms with Crippen molar-refractivity contribution in [2.24, 2.45) is 0 Å². The Morgan fingerprint density at radius 2 is 2.00 bits per heavy atom. The number of nitrogens with zero attached hydrogens (tertiary/aromatic N) is 3. The summed E-state index contributed by atoms with van der Waals surface area (Å²) in [5, 5.41) is 1.56. The van der Waals surface area contributed by atoms with Gasteiger partial charge in [0.05, 0.1) is 16.1 Å². The summed E-state index contributed by atoms with van der Waals surface area (Å²) < 4.78 is 1.95. The first-order chi connectivity index (χ1) is 9.13. The molecule has 0 N–H and O–H groups in total. The number of hydrogen-bond donors (Lipinski definition) is 0. The fourth-order valence-electron chi connectivity index (χ4n) is 2.27. The summed E-state index contributed by atoms with van der Waals surface area (Å²) in [7, 11) is 3.79. The van der Waals surface area contributed by atoms with Crippen LogP contribution in [-0.2, 0) is 0 Å². The van der Waals surface area contributed by atoms with Crippen LogP contribution in [0.2, 0.25) is 5.02 Å². The molecule has 0 saturated carbocycles. The lowest BCUT2D eigenvalue weighted by Crippen LogP contribution is -2.12. The summed E-state index contributed by atoms with van der Waals surface area (Å²) >= 11 is 6.28. The Hall–Kier alpha value is -2.07. The van der Waals surface area contributed by atoms with Crippen LogP contribution in [0.25, 0.3) is 16.4 Å². The van der Waals surface area contributed by atoms with Gasteiger partial charge in [-0.25, -0.2) is 4.98 Å². The van der Waals surface area contributed by atoms with Gasteiger partial charge in [-0.1, -0.05) is 29.8 Å². The third kappa shape index (κ3) is 1.68. The number of benzene rings is 1. The zero-order valence-corrected chi connectivity index (χ0v) is 11.3. The molecule has 19 heavy (non-hydrogen) atoms. The number of para-hydroxylation sites is 1. The van der Waals surface area contributed by atoms with E-state index in [0.717, 1.165) is 22.7 Å². The van der Waals surface area contributed by atoms with Crippen LogP contribution >= 0.6 is 11.6 Å². The van der Waals surface area contributed by atoms with Gasteiger partial charge >= 0.3 is 0 Å². The predicted molar refractivity (Wildman–Crippen MR) is 77.4 cm³/mol. The molecule has 0 fully saturated rings. The number of pyridine rings is 1. The van der Waals surface area contributed by atoms with Crippen molar-refractivity contribution in [2.45, 2.75) is 0 Å². The van der Waals surface area contributed by atoms with Crippen molar-refractivity contribution in [1.82, 2.24) is 9.38 Å². The largest absolute Gasteiger partial charge is 0.348 e. The lowest BCUT2D eigenvalue weighted by atomic mass is 10.2. The van der Waals surface area contributed by atoms with Gasteiger partial charge in [0.25, 0.3) is 0 Å². The van der Waals surface area contributed by atoms with Crippen LogP contribution in [0.1, 0.15) is 10.5 Å². The Morgan fingerprint density at radius 3 is 2.68 bits per heavy atom. The van der Waals surface area contributed by atoms with Gasteiger partial charge < -0.3 is 4.90 Å². The monoisotopic (exact) mass is 273 g/mol. The molecule has 0 saturated heterocycles. The van der Waals surface area contributed by atoms with Crippen LogP contribution in [0.3, 0.4) is 0 Å². The fourth-order valence-corrected chi connectivity index (χ4v) is 2.53. The number of carbonyl (C=O) groups excluding carboxylic acids is 1. The van der Waals surface area contributed by atoms with Gasteiger partial charge in [-0.15, -0.1) is 0 Å². The van der Waals surface area contributed by atoms with Crippen molar-refractivity contribution < 1.29 is 4.79 Å². The van der Waals surface area contributed by atoms with E-state index in [1.807, 2.05) is 47.7 Å². The van der Waals surface area contributed by atoms with Crippen LogP contribution in [0.15, 0.2) is 30.3 Å². The molecule has 96 valence electrons. The lowest BCUT2D eigenvalue weighted by Gasteiger charge is -2.12. The second-order valence-electron chi connectivity index (χ2n) is 4.54. The van der Waals surface area contributed by atoms with Crippen molar-refractivity contribution in [2.75, 3.05) is 19.0 Å². The maximum atomic E-state index is 11.2. The summed E-state index contributed by atoms with van der Waals surface area (Å²) in [6.45, 7) is 0. The van der Waals surface area contributed by atoms with Crippen LogP contribution in [0, 0.1) is 0 Å². The van der Waals surface area contributed by atoms with Crippen molar-refractivity contribution in [3.05, 3.63) is 41.0 Å². The normalized spacial score (nSPS) is 11.1. The van der Waals surface area contributed by atoms with Gasteiger partial charge in [-0.05, 0) is 12.1 Å². The van der Waals surface area contributed by atoms with Crippen LogP contribution < -0.4 is 4.90 Å². The first-order valence-corrected chi connectivity index (χ1v) is 6.23. The van der Waals surface area contributed by atoms with Gasteiger partial charge in [0.15, 0.2) is 6.29 Å². The highest BCUT2D eigenvalue weighted by molar-refractivity contribution is 6.36. The van der Waals surface area contributed by atoms with E-state index in [4.69, 9.17) is 11.6 Å². The minimum absolute atomic E-state index is 0.399. The SMILES string of the molecule is CN(C)c1nc(C=O)c2cc(Cl)c3ccccc3n12. The number of imidazole rings is 1. The minimum atomic E-state index is 0.399. The number of carbonyl (C=O) groups is 1. The average Bonchev–Trinajstić information content (AvgIpc) is 2.78. The molecule has 4 nitrogen and oxygen atoms in total. The first kappa shape index (κ1) is 12.0. The van der Waals surface area contributed by atoms with E-state index in [2.05, 4.69) is 4.98 Å². The van der Waals surface area contributed by atoms with Gasteiger partial charge in [-0.3, -0.25) is 9.20 Å². The second-order valence-corrected chi connectivity index (χ2v) is 4.95. The second kappa shape index (κ2) is 4.24. The number of rotatable bonds is 2. The van der Waals surface area contributed by atoms with E-state index >= 15 is 0 Å². The summed E-state index contributed by atoms with van der Waals surface area (Å²) in [6.07, 6.45) is 0.757. The molecule has 0 aliphatic carbocycles. The molecule has 2 heterocycles. The van der Waals surface area contributed by atoms with Crippen molar-refractivity contribution in [1.29, 1.82) is 0 Å². The quantitative estimate of drug-likeness (QED) is 0.674. The molecule has 0 aliphatic heterocycles. The number of aldehydes is 1. The highest BCUT2D eigenvalue weighted by Crippen LogP contribution is 2.30. The Kier molecular flexibility index (Phi) is 2.68. The molecular weight excluding hydrogens is 262 g/mol. The molecule has 0 bridgehead atoms. The molecule has 3 aromatic rings. The van der Waals surface area contributed by atoms with E-state index in [-0.39, 0.29) is 0 Å². The molecule has 5 heteroatoms. The molecule has 3 rings (SSSR count). The zero-order chi connectivity index (χ0) is 13.6. The van der Waals surface area contributed by atoms with Crippen LogP contribution in [-0.4, -0.2) is 29.8 Å². The molecular formula is C14H12ClN3O. The van der Waals surface area contributed by atoms with Gasteiger partial charge in [0.2, 0.25) is 5.95 Å². The van der Waals surface area contributed by atoms with Gasteiger partial charge in [0, 0.05) is 19.5 Å². The van der Waals surface area contributed by atoms with E-state index in [9.17, 15) is 4.79 Å². The Labute approximate surface area is 115 Å². The topological polar surface area (TPSA) is 37.6 Å². The number of halogens is 1. The summed E-state index contributed by atoms with van der Waals surface area (Å²) in [6, 6.07) is 9.59. The molecule has 0 aliphatic rings. The van der Waals surface area contributed by atoms with Crippen LogP contribution in [0.5, 0.6) is 0 Å². The van der Waals surface area contributed by atoms with E-state index < -0.39 is 0 Å². The Balaban J connectivity index is 2.59. The molecule has 0 spiro atoms. The molecule has 0 unspecified atom stereocenters. The molecule has 2 aromatic heterocycles. The average molecular weight is 274 g/mol. The molecule has 0 amide bonds. The van der Waals surface area contributed by atoms with Crippen molar-refractivity contribution in [3.8, 4) is 0 Å². The van der Waals surface area contributed by atoms with Gasteiger partial charge in [0.1, 0.15) is 5.69 Å². The molecule has 0 atom stereocenters. The van der Waals surface area contributed by atoms with Crippen LogP contribution in [0.4, 0.5) is 5.95 Å². The summed E-state index contributed by atoms with van der Waals surface area (Å²) in [5.41, 5.74) is 2.06.